The van der Waals surface area contributed by atoms with Crippen LogP contribution in [0.1, 0.15) is 12.5 Å². The van der Waals surface area contributed by atoms with Crippen LogP contribution in [-0.4, -0.2) is 12.6 Å². The molecule has 2 nitrogen and oxygen atoms in total. The Hall–Kier alpha value is -1.09. The van der Waals surface area contributed by atoms with Crippen LogP contribution in [0.5, 0.6) is 5.75 Å². The summed E-state index contributed by atoms with van der Waals surface area (Å²) in [6.45, 7) is 4.08. The highest BCUT2D eigenvalue weighted by Gasteiger charge is 2.06. The van der Waals surface area contributed by atoms with Gasteiger partial charge in [0.2, 0.25) is 0 Å². The van der Waals surface area contributed by atoms with Gasteiger partial charge in [-0.25, -0.2) is 4.39 Å². The van der Waals surface area contributed by atoms with Crippen molar-refractivity contribution in [2.24, 2.45) is 5.73 Å². The van der Waals surface area contributed by atoms with Crippen molar-refractivity contribution in [3.63, 3.8) is 0 Å². The molecule has 0 aliphatic carbocycles. The molecule has 0 aliphatic heterocycles. The van der Waals surface area contributed by atoms with Gasteiger partial charge in [-0.05, 0) is 31.5 Å². The molecule has 0 saturated carbocycles. The molecule has 0 aliphatic rings. The van der Waals surface area contributed by atoms with Gasteiger partial charge in [0.1, 0.15) is 6.10 Å². The molecular weight excluding hydrogens is 169 g/mol. The van der Waals surface area contributed by atoms with Gasteiger partial charge in [-0.1, -0.05) is 6.07 Å². The van der Waals surface area contributed by atoms with E-state index in [9.17, 15) is 4.39 Å². The van der Waals surface area contributed by atoms with Crippen molar-refractivity contribution >= 4 is 0 Å². The molecule has 2 N–H and O–H groups in total. The smallest absolute Gasteiger partial charge is 0.165 e. The normalized spacial score (nSPS) is 12.6. The topological polar surface area (TPSA) is 35.2 Å². The van der Waals surface area contributed by atoms with Crippen LogP contribution in [0, 0.1) is 12.7 Å². The van der Waals surface area contributed by atoms with E-state index in [2.05, 4.69) is 0 Å². The van der Waals surface area contributed by atoms with Crippen molar-refractivity contribution in [3.05, 3.63) is 29.6 Å². The first-order valence-electron chi connectivity index (χ1n) is 4.26. The van der Waals surface area contributed by atoms with Crippen molar-refractivity contribution in [2.45, 2.75) is 20.0 Å². The van der Waals surface area contributed by atoms with Gasteiger partial charge < -0.3 is 10.5 Å². The van der Waals surface area contributed by atoms with Crippen molar-refractivity contribution in [1.82, 2.24) is 0 Å². The summed E-state index contributed by atoms with van der Waals surface area (Å²) >= 11 is 0. The quantitative estimate of drug-likeness (QED) is 0.776. The fraction of sp³-hybridized carbons (Fsp3) is 0.400. The van der Waals surface area contributed by atoms with Gasteiger partial charge in [-0.3, -0.25) is 0 Å². The maximum atomic E-state index is 13.1. The molecule has 0 spiro atoms. The molecule has 0 heterocycles. The summed E-state index contributed by atoms with van der Waals surface area (Å²) in [4.78, 5) is 0. The molecule has 72 valence electrons. The number of rotatable bonds is 3. The second-order valence-corrected chi connectivity index (χ2v) is 3.10. The average molecular weight is 183 g/mol. The Morgan fingerprint density at radius 1 is 1.54 bits per heavy atom. The zero-order valence-corrected chi connectivity index (χ0v) is 7.88. The van der Waals surface area contributed by atoms with Crippen LogP contribution < -0.4 is 10.5 Å². The zero-order valence-electron chi connectivity index (χ0n) is 7.88. The predicted molar refractivity (Wildman–Crippen MR) is 50.3 cm³/mol. The van der Waals surface area contributed by atoms with E-state index in [1.807, 2.05) is 13.8 Å². The molecule has 0 amide bonds. The SMILES string of the molecule is Cc1ccc(F)c(OC(C)CN)c1. The van der Waals surface area contributed by atoms with E-state index in [1.54, 1.807) is 12.1 Å². The van der Waals surface area contributed by atoms with Crippen LogP contribution >= 0.6 is 0 Å². The minimum Gasteiger partial charge on any atom is -0.486 e. The van der Waals surface area contributed by atoms with E-state index in [1.165, 1.54) is 6.07 Å². The number of benzene rings is 1. The van der Waals surface area contributed by atoms with Gasteiger partial charge in [0.25, 0.3) is 0 Å². The summed E-state index contributed by atoms with van der Waals surface area (Å²) in [6, 6.07) is 4.77. The second kappa shape index (κ2) is 4.23. The summed E-state index contributed by atoms with van der Waals surface area (Å²) in [5, 5.41) is 0. The summed E-state index contributed by atoms with van der Waals surface area (Å²) in [5.41, 5.74) is 6.33. The van der Waals surface area contributed by atoms with Gasteiger partial charge >= 0.3 is 0 Å². The number of aryl methyl sites for hydroxylation is 1. The monoisotopic (exact) mass is 183 g/mol. The molecule has 1 unspecified atom stereocenters. The van der Waals surface area contributed by atoms with Gasteiger partial charge in [0.15, 0.2) is 11.6 Å². The maximum absolute atomic E-state index is 13.1. The zero-order chi connectivity index (χ0) is 9.84. The standard InChI is InChI=1S/C10H14FNO/c1-7-3-4-9(11)10(5-7)13-8(2)6-12/h3-5,8H,6,12H2,1-2H3. The number of ether oxygens (including phenoxy) is 1. The summed E-state index contributed by atoms with van der Waals surface area (Å²) < 4.78 is 18.4. The van der Waals surface area contributed by atoms with Gasteiger partial charge in [0, 0.05) is 6.54 Å². The highest BCUT2D eigenvalue weighted by Crippen LogP contribution is 2.19. The fourth-order valence-electron chi connectivity index (χ4n) is 0.966. The molecular formula is C10H14FNO. The molecule has 3 heteroatoms. The minimum absolute atomic E-state index is 0.156. The Bertz CT molecular complexity index is 288. The first kappa shape index (κ1) is 9.99. The lowest BCUT2D eigenvalue weighted by atomic mass is 10.2. The largest absolute Gasteiger partial charge is 0.486 e. The molecule has 1 aromatic rings. The molecule has 1 atom stereocenters. The van der Waals surface area contributed by atoms with Crippen molar-refractivity contribution in [2.75, 3.05) is 6.54 Å². The van der Waals surface area contributed by atoms with E-state index in [4.69, 9.17) is 10.5 Å². The highest BCUT2D eigenvalue weighted by atomic mass is 19.1. The molecule has 13 heavy (non-hydrogen) atoms. The van der Waals surface area contributed by atoms with Crippen LogP contribution in [0.2, 0.25) is 0 Å². The van der Waals surface area contributed by atoms with Crippen molar-refractivity contribution in [3.8, 4) is 5.75 Å². The molecule has 0 fully saturated rings. The Morgan fingerprint density at radius 2 is 2.23 bits per heavy atom. The first-order chi connectivity index (χ1) is 6.13. The van der Waals surface area contributed by atoms with Crippen LogP contribution in [0.3, 0.4) is 0 Å². The Balaban J connectivity index is 2.81. The lowest BCUT2D eigenvalue weighted by Crippen LogP contribution is -2.23. The molecule has 0 aromatic heterocycles. The molecule has 1 aromatic carbocycles. The molecule has 0 saturated heterocycles. The maximum Gasteiger partial charge on any atom is 0.165 e. The van der Waals surface area contributed by atoms with E-state index < -0.39 is 0 Å². The Morgan fingerprint density at radius 3 is 2.85 bits per heavy atom. The van der Waals surface area contributed by atoms with Crippen LogP contribution in [-0.2, 0) is 0 Å². The minimum atomic E-state index is -0.342. The third-order valence-corrected chi connectivity index (χ3v) is 1.75. The fourth-order valence-corrected chi connectivity index (χ4v) is 0.966. The molecule has 0 bridgehead atoms. The number of hydrogen-bond donors (Lipinski definition) is 1. The van der Waals surface area contributed by atoms with Gasteiger partial charge in [0.05, 0.1) is 0 Å². The summed E-state index contributed by atoms with van der Waals surface area (Å²) in [6.07, 6.45) is -0.156. The number of nitrogens with two attached hydrogens (primary N) is 1. The second-order valence-electron chi connectivity index (χ2n) is 3.10. The lowest BCUT2D eigenvalue weighted by Gasteiger charge is -2.13. The third kappa shape index (κ3) is 2.70. The molecule has 1 rings (SSSR count). The lowest BCUT2D eigenvalue weighted by molar-refractivity contribution is 0.219. The van der Waals surface area contributed by atoms with Gasteiger partial charge in [-0.2, -0.15) is 0 Å². The first-order valence-corrected chi connectivity index (χ1v) is 4.26. The number of hydrogen-bond acceptors (Lipinski definition) is 2. The Labute approximate surface area is 77.5 Å². The molecule has 0 radical (unpaired) electrons. The number of halogens is 1. The predicted octanol–water partition coefficient (Wildman–Crippen LogP) is 1.86. The van der Waals surface area contributed by atoms with E-state index in [0.717, 1.165) is 5.56 Å². The summed E-state index contributed by atoms with van der Waals surface area (Å²) in [5.74, 6) is -0.0659. The van der Waals surface area contributed by atoms with Crippen molar-refractivity contribution in [1.29, 1.82) is 0 Å². The van der Waals surface area contributed by atoms with E-state index in [0.29, 0.717) is 6.54 Å². The summed E-state index contributed by atoms with van der Waals surface area (Å²) in [7, 11) is 0. The van der Waals surface area contributed by atoms with Gasteiger partial charge in [-0.15, -0.1) is 0 Å². The van der Waals surface area contributed by atoms with Crippen LogP contribution in [0.25, 0.3) is 0 Å². The highest BCUT2D eigenvalue weighted by molar-refractivity contribution is 5.29. The van der Waals surface area contributed by atoms with Crippen LogP contribution in [0.4, 0.5) is 4.39 Å². The average Bonchev–Trinajstić information content (AvgIpc) is 2.11. The van der Waals surface area contributed by atoms with E-state index >= 15 is 0 Å². The van der Waals surface area contributed by atoms with Crippen molar-refractivity contribution < 1.29 is 9.13 Å². The Kier molecular flexibility index (Phi) is 3.25. The third-order valence-electron chi connectivity index (χ3n) is 1.75. The van der Waals surface area contributed by atoms with E-state index in [-0.39, 0.29) is 17.7 Å². The van der Waals surface area contributed by atoms with Crippen LogP contribution in [0.15, 0.2) is 18.2 Å².